The van der Waals surface area contributed by atoms with Gasteiger partial charge in [0.25, 0.3) is 11.1 Å². The Bertz CT molecular complexity index is 1180. The topological polar surface area (TPSA) is 42.3 Å². The second-order valence-electron chi connectivity index (χ2n) is 6.55. The first-order valence-electron chi connectivity index (χ1n) is 8.86. The summed E-state index contributed by atoms with van der Waals surface area (Å²) >= 11 is 4.40. The average molecular weight is 471 g/mol. The quantitative estimate of drug-likeness (QED) is 0.348. The van der Waals surface area contributed by atoms with E-state index >= 15 is 0 Å². The van der Waals surface area contributed by atoms with Crippen molar-refractivity contribution in [3.05, 3.63) is 87.6 Å². The monoisotopic (exact) mass is 470 g/mol. The van der Waals surface area contributed by atoms with Crippen molar-refractivity contribution >= 4 is 55.8 Å². The third kappa shape index (κ3) is 3.80. The average Bonchev–Trinajstić information content (AvgIpc) is 3.16. The molecule has 0 unspecified atom stereocenters. The molecule has 3 aromatic rings. The molecule has 0 spiro atoms. The molecule has 2 amide bonds. The van der Waals surface area contributed by atoms with Crippen LogP contribution in [0.1, 0.15) is 11.1 Å². The first-order valence-corrected chi connectivity index (χ1v) is 10.5. The van der Waals surface area contributed by atoms with Crippen LogP contribution in [0.15, 0.2) is 70.7 Å². The molecule has 2 aromatic carbocycles. The summed E-state index contributed by atoms with van der Waals surface area (Å²) in [5.74, 6) is -0.594. The zero-order valence-electron chi connectivity index (χ0n) is 15.3. The third-order valence-electron chi connectivity index (χ3n) is 4.64. The Morgan fingerprint density at radius 2 is 1.97 bits per heavy atom. The minimum absolute atomic E-state index is 0.183. The minimum atomic E-state index is -0.329. The molecule has 29 heavy (non-hydrogen) atoms. The molecule has 7 heteroatoms. The van der Waals surface area contributed by atoms with Crippen molar-refractivity contribution in [1.29, 1.82) is 0 Å². The number of amides is 2. The molecule has 1 fully saturated rings. The molecule has 1 aliphatic heterocycles. The SMILES string of the molecule is C=CCN1C(=O)S/C(=C\c2cn(Cc3ccccc3F)c3ccc(Br)cc23)C1=O. The number of hydrogen-bond acceptors (Lipinski definition) is 3. The van der Waals surface area contributed by atoms with E-state index in [1.54, 1.807) is 24.3 Å². The largest absolute Gasteiger partial charge is 0.342 e. The molecule has 0 bridgehead atoms. The van der Waals surface area contributed by atoms with Crippen LogP contribution in [0, 0.1) is 5.82 Å². The lowest BCUT2D eigenvalue weighted by atomic mass is 10.1. The lowest BCUT2D eigenvalue weighted by molar-refractivity contribution is -0.122. The molecular formula is C22H16BrFN2O2S. The second-order valence-corrected chi connectivity index (χ2v) is 8.46. The van der Waals surface area contributed by atoms with E-state index in [0.717, 1.165) is 37.6 Å². The molecule has 0 radical (unpaired) electrons. The van der Waals surface area contributed by atoms with Crippen LogP contribution in [0.3, 0.4) is 0 Å². The number of rotatable bonds is 5. The number of aromatic nitrogens is 1. The van der Waals surface area contributed by atoms with E-state index in [-0.39, 0.29) is 23.5 Å². The van der Waals surface area contributed by atoms with E-state index in [0.29, 0.717) is 17.0 Å². The van der Waals surface area contributed by atoms with Crippen molar-refractivity contribution < 1.29 is 14.0 Å². The van der Waals surface area contributed by atoms with E-state index in [2.05, 4.69) is 22.5 Å². The van der Waals surface area contributed by atoms with Crippen LogP contribution in [0.5, 0.6) is 0 Å². The Morgan fingerprint density at radius 3 is 2.72 bits per heavy atom. The molecular weight excluding hydrogens is 455 g/mol. The number of benzene rings is 2. The van der Waals surface area contributed by atoms with Gasteiger partial charge in [-0.05, 0) is 42.1 Å². The number of imide groups is 1. The maximum atomic E-state index is 14.2. The zero-order chi connectivity index (χ0) is 20.5. The third-order valence-corrected chi connectivity index (χ3v) is 6.04. The van der Waals surface area contributed by atoms with Gasteiger partial charge in [0.15, 0.2) is 0 Å². The van der Waals surface area contributed by atoms with E-state index in [1.165, 1.54) is 12.1 Å². The van der Waals surface area contributed by atoms with Crippen LogP contribution in [-0.2, 0) is 11.3 Å². The highest BCUT2D eigenvalue weighted by Gasteiger charge is 2.34. The highest BCUT2D eigenvalue weighted by atomic mass is 79.9. The van der Waals surface area contributed by atoms with Crippen LogP contribution in [0.25, 0.3) is 17.0 Å². The van der Waals surface area contributed by atoms with Crippen molar-refractivity contribution in [3.63, 3.8) is 0 Å². The fourth-order valence-electron chi connectivity index (χ4n) is 3.28. The van der Waals surface area contributed by atoms with Crippen LogP contribution in [0.2, 0.25) is 0 Å². The van der Waals surface area contributed by atoms with Crippen LogP contribution in [0.4, 0.5) is 9.18 Å². The minimum Gasteiger partial charge on any atom is -0.342 e. The molecule has 4 nitrogen and oxygen atoms in total. The van der Waals surface area contributed by atoms with Gasteiger partial charge >= 0.3 is 0 Å². The molecule has 146 valence electrons. The second kappa shape index (κ2) is 8.00. The lowest BCUT2D eigenvalue weighted by Gasteiger charge is -2.07. The summed E-state index contributed by atoms with van der Waals surface area (Å²) < 4.78 is 17.0. The summed E-state index contributed by atoms with van der Waals surface area (Å²) in [5.41, 5.74) is 2.28. The van der Waals surface area contributed by atoms with Crippen molar-refractivity contribution in [2.24, 2.45) is 0 Å². The maximum Gasteiger partial charge on any atom is 0.293 e. The summed E-state index contributed by atoms with van der Waals surface area (Å²) in [4.78, 5) is 26.2. The van der Waals surface area contributed by atoms with Gasteiger partial charge in [-0.25, -0.2) is 4.39 Å². The van der Waals surface area contributed by atoms with Gasteiger partial charge < -0.3 is 4.57 Å². The zero-order valence-corrected chi connectivity index (χ0v) is 17.7. The van der Waals surface area contributed by atoms with Gasteiger partial charge in [-0.1, -0.05) is 40.2 Å². The van der Waals surface area contributed by atoms with Crippen LogP contribution >= 0.6 is 27.7 Å². The first-order chi connectivity index (χ1) is 14.0. The van der Waals surface area contributed by atoms with Gasteiger partial charge in [-0.2, -0.15) is 0 Å². The smallest absolute Gasteiger partial charge is 0.293 e. The Hall–Kier alpha value is -2.64. The number of thioether (sulfide) groups is 1. The highest BCUT2D eigenvalue weighted by molar-refractivity contribution is 9.10. The predicted octanol–water partition coefficient (Wildman–Crippen LogP) is 5.81. The fraction of sp³-hybridized carbons (Fsp3) is 0.0909. The van der Waals surface area contributed by atoms with Gasteiger partial charge in [0.05, 0.1) is 11.4 Å². The Labute approximate surface area is 179 Å². The number of carbonyl (C=O) groups excluding carboxylic acids is 2. The van der Waals surface area contributed by atoms with Crippen molar-refractivity contribution in [2.75, 3.05) is 6.54 Å². The summed E-state index contributed by atoms with van der Waals surface area (Å²) in [7, 11) is 0. The Kier molecular flexibility index (Phi) is 5.43. The number of hydrogen-bond donors (Lipinski definition) is 0. The van der Waals surface area contributed by atoms with E-state index in [9.17, 15) is 14.0 Å². The van der Waals surface area contributed by atoms with Gasteiger partial charge in [-0.3, -0.25) is 14.5 Å². The summed E-state index contributed by atoms with van der Waals surface area (Å²) in [5, 5.41) is 0.601. The number of nitrogens with zero attached hydrogens (tertiary/aromatic N) is 2. The molecule has 0 N–H and O–H groups in total. The van der Waals surface area contributed by atoms with Gasteiger partial charge in [0, 0.05) is 39.2 Å². The molecule has 2 heterocycles. The van der Waals surface area contributed by atoms with Crippen molar-refractivity contribution in [2.45, 2.75) is 6.54 Å². The molecule has 0 aliphatic carbocycles. The van der Waals surface area contributed by atoms with E-state index < -0.39 is 0 Å². The lowest BCUT2D eigenvalue weighted by Crippen LogP contribution is -2.27. The van der Waals surface area contributed by atoms with E-state index in [1.807, 2.05) is 29.0 Å². The highest BCUT2D eigenvalue weighted by Crippen LogP contribution is 2.35. The van der Waals surface area contributed by atoms with Gasteiger partial charge in [0.2, 0.25) is 0 Å². The Morgan fingerprint density at radius 1 is 1.17 bits per heavy atom. The number of halogens is 2. The molecule has 0 saturated carbocycles. The molecule has 4 rings (SSSR count). The molecule has 1 aromatic heterocycles. The molecule has 1 aliphatic rings. The maximum absolute atomic E-state index is 14.2. The van der Waals surface area contributed by atoms with Crippen molar-refractivity contribution in [3.8, 4) is 0 Å². The number of carbonyl (C=O) groups is 2. The van der Waals surface area contributed by atoms with Crippen LogP contribution in [-0.4, -0.2) is 27.2 Å². The van der Waals surface area contributed by atoms with Crippen LogP contribution < -0.4 is 0 Å². The normalized spacial score (nSPS) is 15.7. The summed E-state index contributed by atoms with van der Waals surface area (Å²) in [6.45, 7) is 4.13. The van der Waals surface area contributed by atoms with E-state index in [4.69, 9.17) is 0 Å². The summed E-state index contributed by atoms with van der Waals surface area (Å²) in [6.07, 6.45) is 5.13. The standard InChI is InChI=1S/C22H16BrFN2O2S/c1-2-9-26-21(27)20(29-22(26)28)10-15-13-25(12-14-5-3-4-6-18(14)24)19-8-7-16(23)11-17(15)19/h2-8,10-11,13H,1,9,12H2/b20-10-. The Balaban J connectivity index is 1.78. The number of fused-ring (bicyclic) bond motifs is 1. The van der Waals surface area contributed by atoms with Gasteiger partial charge in [-0.15, -0.1) is 6.58 Å². The molecule has 1 saturated heterocycles. The molecule has 0 atom stereocenters. The summed E-state index contributed by atoms with van der Waals surface area (Å²) in [6, 6.07) is 12.5. The van der Waals surface area contributed by atoms with Gasteiger partial charge in [0.1, 0.15) is 5.82 Å². The fourth-order valence-corrected chi connectivity index (χ4v) is 4.48. The predicted molar refractivity (Wildman–Crippen MR) is 118 cm³/mol. The first kappa shape index (κ1) is 19.7. The van der Waals surface area contributed by atoms with Crippen molar-refractivity contribution in [1.82, 2.24) is 9.47 Å².